The third-order valence-electron chi connectivity index (χ3n) is 3.45. The number of pyridine rings is 1. The summed E-state index contributed by atoms with van der Waals surface area (Å²) in [5.41, 5.74) is 0.153. The van der Waals surface area contributed by atoms with Crippen LogP contribution in [-0.4, -0.2) is 34.0 Å². The van der Waals surface area contributed by atoms with Crippen LogP contribution >= 0.6 is 11.6 Å². The lowest BCUT2D eigenvalue weighted by molar-refractivity contribution is 0.0455. The van der Waals surface area contributed by atoms with Gasteiger partial charge in [0.15, 0.2) is 0 Å². The van der Waals surface area contributed by atoms with Gasteiger partial charge >= 0.3 is 11.9 Å². The highest BCUT2D eigenvalue weighted by Gasteiger charge is 2.13. The molecule has 0 saturated carbocycles. The second kappa shape index (κ2) is 7.32. The second-order valence-corrected chi connectivity index (χ2v) is 5.61. The van der Waals surface area contributed by atoms with Crippen molar-refractivity contribution in [3.8, 4) is 0 Å². The highest BCUT2D eigenvalue weighted by molar-refractivity contribution is 6.30. The number of aromatic amines is 1. The molecule has 3 aromatic rings. The Morgan fingerprint density at radius 2 is 2.00 bits per heavy atom. The SMILES string of the molecule is COC(=O)c1ccc2c(=O)[nH]c(COC(=O)c3cc(Cl)ccn3)nc2c1. The number of nitrogens with one attached hydrogen (secondary N) is 1. The van der Waals surface area contributed by atoms with Crippen LogP contribution in [0, 0.1) is 0 Å². The van der Waals surface area contributed by atoms with Crippen LogP contribution in [0.5, 0.6) is 0 Å². The van der Waals surface area contributed by atoms with E-state index in [0.717, 1.165) is 0 Å². The number of methoxy groups -OCH3 is 1. The normalized spacial score (nSPS) is 10.5. The lowest BCUT2D eigenvalue weighted by Crippen LogP contribution is -2.15. The number of carbonyl (C=O) groups is 2. The van der Waals surface area contributed by atoms with Gasteiger partial charge in [-0.05, 0) is 30.3 Å². The van der Waals surface area contributed by atoms with Gasteiger partial charge in [-0.3, -0.25) is 4.79 Å². The summed E-state index contributed by atoms with van der Waals surface area (Å²) in [6.07, 6.45) is 1.38. The van der Waals surface area contributed by atoms with Crippen molar-refractivity contribution >= 4 is 34.4 Å². The molecular weight excluding hydrogens is 362 g/mol. The average Bonchev–Trinajstić information content (AvgIpc) is 2.65. The minimum atomic E-state index is -0.710. The maximum absolute atomic E-state index is 12.1. The molecule has 0 unspecified atom stereocenters. The number of benzene rings is 1. The van der Waals surface area contributed by atoms with E-state index in [2.05, 4.69) is 19.7 Å². The molecule has 26 heavy (non-hydrogen) atoms. The lowest BCUT2D eigenvalue weighted by Gasteiger charge is -2.06. The van der Waals surface area contributed by atoms with Gasteiger partial charge in [0, 0.05) is 11.2 Å². The van der Waals surface area contributed by atoms with Crippen LogP contribution in [0.25, 0.3) is 10.9 Å². The van der Waals surface area contributed by atoms with E-state index in [-0.39, 0.29) is 29.2 Å². The molecule has 0 atom stereocenters. The van der Waals surface area contributed by atoms with Gasteiger partial charge in [-0.1, -0.05) is 11.6 Å². The number of aromatic nitrogens is 3. The molecule has 0 fully saturated rings. The first-order chi connectivity index (χ1) is 12.5. The number of nitrogens with zero attached hydrogens (tertiary/aromatic N) is 2. The summed E-state index contributed by atoms with van der Waals surface area (Å²) in [6.45, 7) is -0.277. The van der Waals surface area contributed by atoms with Crippen LogP contribution < -0.4 is 5.56 Å². The summed E-state index contributed by atoms with van der Waals surface area (Å²) in [6, 6.07) is 7.26. The third kappa shape index (κ3) is 3.70. The Morgan fingerprint density at radius 3 is 2.73 bits per heavy atom. The van der Waals surface area contributed by atoms with Crippen molar-refractivity contribution in [1.29, 1.82) is 0 Å². The van der Waals surface area contributed by atoms with E-state index in [9.17, 15) is 14.4 Å². The minimum Gasteiger partial charge on any atom is -0.465 e. The fourth-order valence-corrected chi connectivity index (χ4v) is 2.39. The largest absolute Gasteiger partial charge is 0.465 e. The molecule has 132 valence electrons. The maximum atomic E-state index is 12.1. The van der Waals surface area contributed by atoms with Crippen LogP contribution in [-0.2, 0) is 16.1 Å². The number of fused-ring (bicyclic) bond motifs is 1. The fourth-order valence-electron chi connectivity index (χ4n) is 2.23. The van der Waals surface area contributed by atoms with Crippen LogP contribution in [0.3, 0.4) is 0 Å². The predicted octanol–water partition coefficient (Wildman–Crippen LogP) is 2.12. The van der Waals surface area contributed by atoms with Crippen molar-refractivity contribution in [1.82, 2.24) is 15.0 Å². The molecule has 0 radical (unpaired) electrons. The van der Waals surface area contributed by atoms with Gasteiger partial charge in [-0.25, -0.2) is 19.6 Å². The summed E-state index contributed by atoms with van der Waals surface area (Å²) in [5, 5.41) is 0.642. The van der Waals surface area contributed by atoms with Crippen molar-refractivity contribution < 1.29 is 19.1 Å². The van der Waals surface area contributed by atoms with Gasteiger partial charge in [-0.2, -0.15) is 0 Å². The molecule has 2 heterocycles. The first kappa shape index (κ1) is 17.6. The monoisotopic (exact) mass is 373 g/mol. The Kier molecular flexibility index (Phi) is 4.94. The molecule has 3 rings (SSSR count). The number of rotatable bonds is 4. The Hall–Kier alpha value is -3.26. The highest BCUT2D eigenvalue weighted by atomic mass is 35.5. The van der Waals surface area contributed by atoms with Crippen LogP contribution in [0.1, 0.15) is 26.7 Å². The molecule has 0 amide bonds. The van der Waals surface area contributed by atoms with Crippen molar-refractivity contribution in [2.45, 2.75) is 6.61 Å². The molecule has 0 aliphatic rings. The van der Waals surface area contributed by atoms with Crippen molar-refractivity contribution in [2.75, 3.05) is 7.11 Å². The van der Waals surface area contributed by atoms with Crippen molar-refractivity contribution in [2.24, 2.45) is 0 Å². The zero-order valence-electron chi connectivity index (χ0n) is 13.5. The predicted molar refractivity (Wildman–Crippen MR) is 92.1 cm³/mol. The molecular formula is C17H12ClN3O5. The van der Waals surface area contributed by atoms with E-state index >= 15 is 0 Å². The summed E-state index contributed by atoms with van der Waals surface area (Å²) >= 11 is 5.80. The second-order valence-electron chi connectivity index (χ2n) is 5.17. The summed E-state index contributed by atoms with van der Waals surface area (Å²) in [4.78, 5) is 46.3. The first-order valence-corrected chi connectivity index (χ1v) is 7.75. The molecule has 0 aliphatic heterocycles. The van der Waals surface area contributed by atoms with E-state index in [1.165, 1.54) is 43.6 Å². The summed E-state index contributed by atoms with van der Waals surface area (Å²) in [5.74, 6) is -1.13. The third-order valence-corrected chi connectivity index (χ3v) is 3.68. The van der Waals surface area contributed by atoms with Crippen molar-refractivity contribution in [3.05, 3.63) is 69.0 Å². The van der Waals surface area contributed by atoms with Gasteiger partial charge < -0.3 is 14.5 Å². The van der Waals surface area contributed by atoms with Gasteiger partial charge in [0.05, 0.1) is 23.6 Å². The van der Waals surface area contributed by atoms with Crippen LogP contribution in [0.15, 0.2) is 41.3 Å². The zero-order chi connectivity index (χ0) is 18.7. The Morgan fingerprint density at radius 1 is 1.19 bits per heavy atom. The Labute approximate surface area is 151 Å². The molecule has 1 aromatic carbocycles. The molecule has 0 spiro atoms. The number of ether oxygens (including phenoxy) is 2. The number of hydrogen-bond acceptors (Lipinski definition) is 7. The van der Waals surface area contributed by atoms with E-state index in [1.54, 1.807) is 0 Å². The summed E-state index contributed by atoms with van der Waals surface area (Å²) < 4.78 is 9.73. The molecule has 0 bridgehead atoms. The average molecular weight is 374 g/mol. The van der Waals surface area contributed by atoms with Gasteiger partial charge in [0.25, 0.3) is 5.56 Å². The van der Waals surface area contributed by atoms with E-state index in [0.29, 0.717) is 10.4 Å². The standard InChI is InChI=1S/C17H12ClN3O5/c1-25-16(23)9-2-3-11-12(6-9)20-14(21-15(11)22)8-26-17(24)13-7-10(18)4-5-19-13/h2-7H,8H2,1H3,(H,20,21,22). The number of hydrogen-bond donors (Lipinski definition) is 1. The number of halogens is 1. The van der Waals surface area contributed by atoms with Crippen molar-refractivity contribution in [3.63, 3.8) is 0 Å². The quantitative estimate of drug-likeness (QED) is 0.697. The maximum Gasteiger partial charge on any atom is 0.357 e. The fraction of sp³-hybridized carbons (Fsp3) is 0.118. The summed E-state index contributed by atoms with van der Waals surface area (Å²) in [7, 11) is 1.26. The number of esters is 2. The molecule has 1 N–H and O–H groups in total. The number of carbonyl (C=O) groups excluding carboxylic acids is 2. The molecule has 8 nitrogen and oxygen atoms in total. The smallest absolute Gasteiger partial charge is 0.357 e. The van der Waals surface area contributed by atoms with Gasteiger partial charge in [0.2, 0.25) is 0 Å². The molecule has 2 aromatic heterocycles. The minimum absolute atomic E-state index is 0.0358. The lowest BCUT2D eigenvalue weighted by atomic mass is 10.1. The molecule has 9 heteroatoms. The molecule has 0 saturated heterocycles. The topological polar surface area (TPSA) is 111 Å². The van der Waals surface area contributed by atoms with Crippen LogP contribution in [0.4, 0.5) is 0 Å². The van der Waals surface area contributed by atoms with Gasteiger partial charge in [0.1, 0.15) is 18.1 Å². The van der Waals surface area contributed by atoms with E-state index in [1.807, 2.05) is 0 Å². The van der Waals surface area contributed by atoms with E-state index in [4.69, 9.17) is 16.3 Å². The zero-order valence-corrected chi connectivity index (χ0v) is 14.2. The Balaban J connectivity index is 1.84. The van der Waals surface area contributed by atoms with E-state index < -0.39 is 17.5 Å². The van der Waals surface area contributed by atoms with Gasteiger partial charge in [-0.15, -0.1) is 0 Å². The number of H-pyrrole nitrogens is 1. The molecule has 0 aliphatic carbocycles. The first-order valence-electron chi connectivity index (χ1n) is 7.38. The Bertz CT molecular complexity index is 1060. The van der Waals surface area contributed by atoms with Crippen LogP contribution in [0.2, 0.25) is 5.02 Å². The highest BCUT2D eigenvalue weighted by Crippen LogP contribution is 2.13.